The summed E-state index contributed by atoms with van der Waals surface area (Å²) in [6.07, 6.45) is 1.33. The Bertz CT molecular complexity index is 973. The maximum Gasteiger partial charge on any atom is 0.307 e. The van der Waals surface area contributed by atoms with Gasteiger partial charge in [-0.25, -0.2) is 8.42 Å². The molecule has 0 bridgehead atoms. The number of sulfonamides is 1. The zero-order valence-corrected chi connectivity index (χ0v) is 14.7. The van der Waals surface area contributed by atoms with Crippen LogP contribution >= 0.6 is 0 Å². The highest BCUT2D eigenvalue weighted by atomic mass is 32.2. The minimum Gasteiger partial charge on any atom is -0.459 e. The van der Waals surface area contributed by atoms with E-state index in [0.29, 0.717) is 0 Å². The molecule has 0 spiro atoms. The van der Waals surface area contributed by atoms with Crippen molar-refractivity contribution in [2.24, 2.45) is 0 Å². The van der Waals surface area contributed by atoms with E-state index in [4.69, 9.17) is 4.42 Å². The molecule has 0 saturated carbocycles. The van der Waals surface area contributed by atoms with Crippen LogP contribution in [-0.4, -0.2) is 14.3 Å². The first-order chi connectivity index (χ1) is 11.9. The topological polar surface area (TPSA) is 67.6 Å². The third-order valence-corrected chi connectivity index (χ3v) is 5.47. The maximum absolute atomic E-state index is 13.1. The van der Waals surface area contributed by atoms with Crippen LogP contribution in [0, 0.1) is 13.8 Å². The van der Waals surface area contributed by atoms with Crippen molar-refractivity contribution in [2.75, 3.05) is 4.31 Å². The van der Waals surface area contributed by atoms with Crippen LogP contribution < -0.4 is 4.31 Å². The van der Waals surface area contributed by atoms with Gasteiger partial charge in [-0.1, -0.05) is 35.4 Å². The van der Waals surface area contributed by atoms with E-state index in [0.717, 1.165) is 15.4 Å². The fourth-order valence-electron chi connectivity index (χ4n) is 2.36. The third-order valence-electron chi connectivity index (χ3n) is 3.74. The quantitative estimate of drug-likeness (QED) is 0.711. The van der Waals surface area contributed by atoms with Gasteiger partial charge in [0.1, 0.15) is 0 Å². The Balaban J connectivity index is 2.14. The molecular weight excluding hydrogens is 338 g/mol. The summed E-state index contributed by atoms with van der Waals surface area (Å²) in [5, 5.41) is 0. The number of carbonyl (C=O) groups is 1. The van der Waals surface area contributed by atoms with Gasteiger partial charge in [-0.2, -0.15) is 4.31 Å². The Labute approximate surface area is 146 Å². The Kier molecular flexibility index (Phi) is 4.46. The minimum absolute atomic E-state index is 0.0404. The minimum atomic E-state index is -4.09. The smallest absolute Gasteiger partial charge is 0.307 e. The summed E-state index contributed by atoms with van der Waals surface area (Å²) >= 11 is 0. The number of anilines is 1. The monoisotopic (exact) mass is 355 g/mol. The molecule has 6 heteroatoms. The largest absolute Gasteiger partial charge is 0.459 e. The molecule has 0 N–H and O–H groups in total. The van der Waals surface area contributed by atoms with Crippen molar-refractivity contribution in [3.8, 4) is 0 Å². The number of furan rings is 1. The normalized spacial score (nSPS) is 11.3. The van der Waals surface area contributed by atoms with Crippen molar-refractivity contribution in [3.05, 3.63) is 83.8 Å². The average molecular weight is 355 g/mol. The SMILES string of the molecule is Cc1ccc(N(C(=O)c2ccco2)S(=O)(=O)c2ccc(C)cc2)cc1. The predicted molar refractivity (Wildman–Crippen MR) is 95.1 cm³/mol. The molecule has 0 saturated heterocycles. The molecule has 0 aliphatic heterocycles. The molecule has 0 atom stereocenters. The second-order valence-corrected chi connectivity index (χ2v) is 7.49. The van der Waals surface area contributed by atoms with Gasteiger partial charge in [-0.3, -0.25) is 4.79 Å². The van der Waals surface area contributed by atoms with Crippen LogP contribution in [0.4, 0.5) is 5.69 Å². The second-order valence-electron chi connectivity index (χ2n) is 5.70. The van der Waals surface area contributed by atoms with Crippen molar-refractivity contribution in [3.63, 3.8) is 0 Å². The van der Waals surface area contributed by atoms with Crippen LogP contribution in [0.2, 0.25) is 0 Å². The number of nitrogens with zero attached hydrogens (tertiary/aromatic N) is 1. The fourth-order valence-corrected chi connectivity index (χ4v) is 3.76. The summed E-state index contributed by atoms with van der Waals surface area (Å²) in [6.45, 7) is 3.75. The van der Waals surface area contributed by atoms with Gasteiger partial charge in [0.2, 0.25) is 0 Å². The Morgan fingerprint density at radius 1 is 0.880 bits per heavy atom. The lowest BCUT2D eigenvalue weighted by Gasteiger charge is -2.22. The molecule has 25 heavy (non-hydrogen) atoms. The molecule has 1 amide bonds. The van der Waals surface area contributed by atoms with Crippen LogP contribution in [0.3, 0.4) is 0 Å². The van der Waals surface area contributed by atoms with Crippen LogP contribution in [0.5, 0.6) is 0 Å². The van der Waals surface area contributed by atoms with E-state index in [-0.39, 0.29) is 16.3 Å². The summed E-state index contributed by atoms with van der Waals surface area (Å²) in [4.78, 5) is 12.9. The van der Waals surface area contributed by atoms with E-state index < -0.39 is 15.9 Å². The molecule has 128 valence electrons. The lowest BCUT2D eigenvalue weighted by molar-refractivity contribution is 0.0979. The van der Waals surface area contributed by atoms with Crippen molar-refractivity contribution in [2.45, 2.75) is 18.7 Å². The van der Waals surface area contributed by atoms with Gasteiger partial charge in [-0.15, -0.1) is 0 Å². The average Bonchev–Trinajstić information content (AvgIpc) is 3.11. The highest BCUT2D eigenvalue weighted by Crippen LogP contribution is 2.26. The van der Waals surface area contributed by atoms with E-state index in [2.05, 4.69) is 0 Å². The van der Waals surface area contributed by atoms with Gasteiger partial charge in [0, 0.05) is 0 Å². The molecule has 3 rings (SSSR count). The van der Waals surface area contributed by atoms with Gasteiger partial charge < -0.3 is 4.42 Å². The van der Waals surface area contributed by atoms with Crippen molar-refractivity contribution in [1.82, 2.24) is 0 Å². The van der Waals surface area contributed by atoms with E-state index in [1.807, 2.05) is 13.8 Å². The Morgan fingerprint density at radius 2 is 1.44 bits per heavy atom. The Hall–Kier alpha value is -2.86. The number of rotatable bonds is 4. The standard InChI is InChI=1S/C19H17NO4S/c1-14-5-9-16(10-6-14)20(19(21)18-4-3-13-24-18)25(22,23)17-11-7-15(2)8-12-17/h3-13H,1-2H3. The number of benzene rings is 2. The molecule has 0 fully saturated rings. The van der Waals surface area contributed by atoms with Crippen LogP contribution in [0.25, 0.3) is 0 Å². The lowest BCUT2D eigenvalue weighted by atomic mass is 10.2. The van der Waals surface area contributed by atoms with E-state index in [1.54, 1.807) is 42.5 Å². The number of hydrogen-bond donors (Lipinski definition) is 0. The summed E-state index contributed by atoms with van der Waals surface area (Å²) in [6, 6.07) is 16.0. The van der Waals surface area contributed by atoms with Crippen molar-refractivity contribution >= 4 is 21.6 Å². The van der Waals surface area contributed by atoms with Crippen molar-refractivity contribution < 1.29 is 17.6 Å². The number of carbonyl (C=O) groups excluding carboxylic acids is 1. The summed E-state index contributed by atoms with van der Waals surface area (Å²) in [5.41, 5.74) is 2.15. The molecule has 0 unspecified atom stereocenters. The third kappa shape index (κ3) is 3.34. The molecule has 0 aliphatic rings. The number of hydrogen-bond acceptors (Lipinski definition) is 4. The molecular formula is C19H17NO4S. The van der Waals surface area contributed by atoms with Crippen molar-refractivity contribution in [1.29, 1.82) is 0 Å². The van der Waals surface area contributed by atoms with Crippen LogP contribution in [-0.2, 0) is 10.0 Å². The predicted octanol–water partition coefficient (Wildman–Crippen LogP) is 3.93. The van der Waals surface area contributed by atoms with Gasteiger partial charge in [0.15, 0.2) is 5.76 Å². The Morgan fingerprint density at radius 3 is 1.96 bits per heavy atom. The summed E-state index contributed by atoms with van der Waals surface area (Å²) in [5.74, 6) is -0.786. The number of amides is 1. The van der Waals surface area contributed by atoms with Crippen LogP contribution in [0.15, 0.2) is 76.2 Å². The molecule has 3 aromatic rings. The maximum atomic E-state index is 13.1. The van der Waals surface area contributed by atoms with Gasteiger partial charge in [-0.05, 0) is 50.2 Å². The molecule has 1 aromatic heterocycles. The lowest BCUT2D eigenvalue weighted by Crippen LogP contribution is -2.36. The van der Waals surface area contributed by atoms with Crippen LogP contribution in [0.1, 0.15) is 21.7 Å². The number of aryl methyl sites for hydroxylation is 2. The first-order valence-corrected chi connectivity index (χ1v) is 9.10. The highest BCUT2D eigenvalue weighted by molar-refractivity contribution is 7.93. The van der Waals surface area contributed by atoms with E-state index in [9.17, 15) is 13.2 Å². The van der Waals surface area contributed by atoms with E-state index >= 15 is 0 Å². The first-order valence-electron chi connectivity index (χ1n) is 7.66. The fraction of sp³-hybridized carbons (Fsp3) is 0.105. The molecule has 2 aromatic carbocycles. The van der Waals surface area contributed by atoms with Gasteiger partial charge >= 0.3 is 5.91 Å². The van der Waals surface area contributed by atoms with Gasteiger partial charge in [0.25, 0.3) is 10.0 Å². The summed E-state index contributed by atoms with van der Waals surface area (Å²) < 4.78 is 32.1. The second kappa shape index (κ2) is 6.57. The first kappa shape index (κ1) is 17.0. The summed E-state index contributed by atoms with van der Waals surface area (Å²) in [7, 11) is -4.09. The molecule has 5 nitrogen and oxygen atoms in total. The van der Waals surface area contributed by atoms with Gasteiger partial charge in [0.05, 0.1) is 16.8 Å². The zero-order valence-electron chi connectivity index (χ0n) is 13.8. The zero-order chi connectivity index (χ0) is 18.0. The molecule has 1 heterocycles. The highest BCUT2D eigenvalue weighted by Gasteiger charge is 2.33. The molecule has 0 aliphatic carbocycles. The van der Waals surface area contributed by atoms with E-state index in [1.165, 1.54) is 24.5 Å². The molecule has 0 radical (unpaired) electrons.